The minimum absolute atomic E-state index is 0.156. The molecule has 1 aromatic heterocycles. The summed E-state index contributed by atoms with van der Waals surface area (Å²) in [4.78, 5) is 4.06. The summed E-state index contributed by atoms with van der Waals surface area (Å²) in [5.41, 5.74) is 7.61. The lowest BCUT2D eigenvalue weighted by Gasteiger charge is -2.20. The molecule has 0 radical (unpaired) electrons. The van der Waals surface area contributed by atoms with Crippen LogP contribution in [-0.2, 0) is 0 Å². The highest BCUT2D eigenvalue weighted by Crippen LogP contribution is 2.27. The number of hydrogen-bond acceptors (Lipinski definition) is 3. The van der Waals surface area contributed by atoms with Gasteiger partial charge in [0.2, 0.25) is 0 Å². The number of pyridine rings is 1. The van der Waals surface area contributed by atoms with Crippen molar-refractivity contribution >= 4 is 17.4 Å². The van der Waals surface area contributed by atoms with Crippen LogP contribution in [0, 0.1) is 5.82 Å². The Labute approximate surface area is 116 Å². The lowest BCUT2D eigenvalue weighted by molar-refractivity contribution is 0.613. The highest BCUT2D eigenvalue weighted by molar-refractivity contribution is 6.30. The molecule has 0 saturated carbocycles. The number of nitrogens with zero attached hydrogens (tertiary/aromatic N) is 1. The minimum atomic E-state index is -0.267. The van der Waals surface area contributed by atoms with Crippen LogP contribution in [0.1, 0.15) is 24.1 Å². The van der Waals surface area contributed by atoms with E-state index >= 15 is 0 Å². The van der Waals surface area contributed by atoms with E-state index < -0.39 is 0 Å². The number of nitrogen functional groups attached to an aromatic ring is 1. The first-order valence-corrected chi connectivity index (χ1v) is 6.39. The predicted octanol–water partition coefficient (Wildman–Crippen LogP) is 3.16. The molecule has 0 aliphatic carbocycles. The fourth-order valence-electron chi connectivity index (χ4n) is 1.96. The van der Waals surface area contributed by atoms with E-state index in [0.29, 0.717) is 10.8 Å². The zero-order chi connectivity index (χ0) is 13.8. The normalized spacial score (nSPS) is 12.4. The quantitative estimate of drug-likeness (QED) is 0.904. The molecular formula is C14H15ClFN3. The molecule has 100 valence electrons. The molecule has 0 bridgehead atoms. The van der Waals surface area contributed by atoms with E-state index in [9.17, 15) is 4.39 Å². The predicted molar refractivity (Wildman–Crippen MR) is 75.6 cm³/mol. The molecule has 0 aliphatic heterocycles. The number of rotatable bonds is 4. The number of aromatic nitrogens is 1. The molecule has 0 amide bonds. The van der Waals surface area contributed by atoms with Crippen molar-refractivity contribution in [1.82, 2.24) is 10.3 Å². The summed E-state index contributed by atoms with van der Waals surface area (Å²) < 4.78 is 13.0. The fourth-order valence-corrected chi connectivity index (χ4v) is 2.13. The third kappa shape index (κ3) is 3.22. The Bertz CT molecular complexity index is 557. The number of benzene rings is 1. The van der Waals surface area contributed by atoms with Crippen molar-refractivity contribution in [2.45, 2.75) is 13.0 Å². The number of hydrogen-bond donors (Lipinski definition) is 2. The smallest absolute Gasteiger partial charge is 0.128 e. The van der Waals surface area contributed by atoms with Gasteiger partial charge in [-0.05, 0) is 30.3 Å². The molecule has 19 heavy (non-hydrogen) atoms. The van der Waals surface area contributed by atoms with E-state index in [4.69, 9.17) is 17.3 Å². The molecule has 0 spiro atoms. The van der Waals surface area contributed by atoms with Crippen LogP contribution in [0.25, 0.3) is 0 Å². The molecule has 3 N–H and O–H groups in total. The molecule has 0 saturated heterocycles. The molecule has 1 atom stereocenters. The second-order valence-corrected chi connectivity index (χ2v) is 4.61. The number of halogens is 2. The van der Waals surface area contributed by atoms with Crippen molar-refractivity contribution in [3.8, 4) is 0 Å². The largest absolute Gasteiger partial charge is 0.383 e. The molecule has 2 rings (SSSR count). The van der Waals surface area contributed by atoms with Gasteiger partial charge in [-0.1, -0.05) is 30.7 Å². The first kappa shape index (κ1) is 13.8. The molecule has 0 fully saturated rings. The summed E-state index contributed by atoms with van der Waals surface area (Å²) in [5.74, 6) is 0.149. The van der Waals surface area contributed by atoms with E-state index in [0.717, 1.165) is 17.7 Å². The summed E-state index contributed by atoms with van der Waals surface area (Å²) in [5, 5.41) is 3.82. The van der Waals surface area contributed by atoms with Crippen LogP contribution in [0.3, 0.4) is 0 Å². The lowest BCUT2D eigenvalue weighted by atomic mass is 9.99. The molecule has 1 heterocycles. The molecular weight excluding hydrogens is 265 g/mol. The van der Waals surface area contributed by atoms with Crippen LogP contribution in [-0.4, -0.2) is 11.5 Å². The maximum absolute atomic E-state index is 13.0. The standard InChI is InChI=1S/C14H15ClFN3/c1-2-18-13(9-3-5-11(16)6-4-9)12-7-10(15)8-19-14(12)17/h3-8,13,18H,2H2,1H3,(H2,17,19). The van der Waals surface area contributed by atoms with Crippen LogP contribution in [0.4, 0.5) is 10.2 Å². The van der Waals surface area contributed by atoms with Crippen molar-refractivity contribution in [2.75, 3.05) is 12.3 Å². The Morgan fingerprint density at radius 3 is 2.68 bits per heavy atom. The Balaban J connectivity index is 2.44. The van der Waals surface area contributed by atoms with Gasteiger partial charge in [0.05, 0.1) is 11.1 Å². The van der Waals surface area contributed by atoms with Crippen LogP contribution >= 0.6 is 11.6 Å². The van der Waals surface area contributed by atoms with Crippen molar-refractivity contribution in [1.29, 1.82) is 0 Å². The molecule has 5 heteroatoms. The second kappa shape index (κ2) is 5.99. The van der Waals surface area contributed by atoms with E-state index in [1.165, 1.54) is 18.3 Å². The average molecular weight is 280 g/mol. The maximum Gasteiger partial charge on any atom is 0.128 e. The van der Waals surface area contributed by atoms with Gasteiger partial charge in [0.1, 0.15) is 11.6 Å². The maximum atomic E-state index is 13.0. The van der Waals surface area contributed by atoms with Gasteiger partial charge < -0.3 is 11.1 Å². The Morgan fingerprint density at radius 1 is 1.37 bits per heavy atom. The second-order valence-electron chi connectivity index (χ2n) is 4.17. The molecule has 3 nitrogen and oxygen atoms in total. The highest BCUT2D eigenvalue weighted by atomic mass is 35.5. The summed E-state index contributed by atoms with van der Waals surface area (Å²) in [6.45, 7) is 2.73. The average Bonchev–Trinajstić information content (AvgIpc) is 2.40. The van der Waals surface area contributed by atoms with Gasteiger partial charge in [0, 0.05) is 11.8 Å². The summed E-state index contributed by atoms with van der Waals surface area (Å²) in [6, 6.07) is 7.92. The third-order valence-corrected chi connectivity index (χ3v) is 3.05. The topological polar surface area (TPSA) is 50.9 Å². The van der Waals surface area contributed by atoms with Gasteiger partial charge in [-0.2, -0.15) is 0 Å². The zero-order valence-corrected chi connectivity index (χ0v) is 11.3. The molecule has 0 aliphatic rings. The van der Waals surface area contributed by atoms with Crippen LogP contribution in [0.2, 0.25) is 5.02 Å². The lowest BCUT2D eigenvalue weighted by Crippen LogP contribution is -2.23. The van der Waals surface area contributed by atoms with Gasteiger partial charge in [0.15, 0.2) is 0 Å². The summed E-state index contributed by atoms with van der Waals surface area (Å²) in [6.07, 6.45) is 1.51. The van der Waals surface area contributed by atoms with E-state index in [1.54, 1.807) is 18.2 Å². The summed E-state index contributed by atoms with van der Waals surface area (Å²) >= 11 is 5.97. The molecule has 1 unspecified atom stereocenters. The Morgan fingerprint density at radius 2 is 2.05 bits per heavy atom. The first-order valence-electron chi connectivity index (χ1n) is 6.01. The Hall–Kier alpha value is -1.65. The van der Waals surface area contributed by atoms with E-state index in [1.807, 2.05) is 6.92 Å². The number of nitrogens with one attached hydrogen (secondary N) is 1. The van der Waals surface area contributed by atoms with Gasteiger partial charge in [-0.3, -0.25) is 0 Å². The van der Waals surface area contributed by atoms with Gasteiger partial charge >= 0.3 is 0 Å². The van der Waals surface area contributed by atoms with Crippen molar-refractivity contribution in [2.24, 2.45) is 0 Å². The molecule has 2 aromatic rings. The van der Waals surface area contributed by atoms with Gasteiger partial charge in [-0.25, -0.2) is 9.37 Å². The molecule has 1 aromatic carbocycles. The number of anilines is 1. The first-order chi connectivity index (χ1) is 9.11. The van der Waals surface area contributed by atoms with Crippen molar-refractivity contribution in [3.63, 3.8) is 0 Å². The third-order valence-electron chi connectivity index (χ3n) is 2.84. The highest BCUT2D eigenvalue weighted by Gasteiger charge is 2.17. The summed E-state index contributed by atoms with van der Waals surface area (Å²) in [7, 11) is 0. The van der Waals surface area contributed by atoms with Crippen LogP contribution < -0.4 is 11.1 Å². The number of nitrogens with two attached hydrogens (primary N) is 1. The van der Waals surface area contributed by atoms with Crippen molar-refractivity contribution in [3.05, 3.63) is 58.5 Å². The van der Waals surface area contributed by atoms with Gasteiger partial charge in [0.25, 0.3) is 0 Å². The minimum Gasteiger partial charge on any atom is -0.383 e. The SMILES string of the molecule is CCNC(c1ccc(F)cc1)c1cc(Cl)cnc1N. The monoisotopic (exact) mass is 279 g/mol. The van der Waals surface area contributed by atoms with Crippen LogP contribution in [0.15, 0.2) is 36.5 Å². The fraction of sp³-hybridized carbons (Fsp3) is 0.214. The van der Waals surface area contributed by atoms with E-state index in [2.05, 4.69) is 10.3 Å². The van der Waals surface area contributed by atoms with Crippen molar-refractivity contribution < 1.29 is 4.39 Å². The van der Waals surface area contributed by atoms with Crippen LogP contribution in [0.5, 0.6) is 0 Å². The van der Waals surface area contributed by atoms with Gasteiger partial charge in [-0.15, -0.1) is 0 Å². The zero-order valence-electron chi connectivity index (χ0n) is 10.5. The van der Waals surface area contributed by atoms with E-state index in [-0.39, 0.29) is 11.9 Å². The Kier molecular flexibility index (Phi) is 4.35.